The average Bonchev–Trinajstić information content (AvgIpc) is 3.16. The Morgan fingerprint density at radius 1 is 1.13 bits per heavy atom. The third-order valence-corrected chi connectivity index (χ3v) is 5.95. The number of carbonyl (C=O) groups excluding carboxylic acids is 1. The van der Waals surface area contributed by atoms with E-state index in [0.717, 1.165) is 37.1 Å². The number of imidazole rings is 1. The van der Waals surface area contributed by atoms with E-state index in [1.807, 2.05) is 33.7 Å². The van der Waals surface area contributed by atoms with Gasteiger partial charge in [0, 0.05) is 12.7 Å². The summed E-state index contributed by atoms with van der Waals surface area (Å²) in [6, 6.07) is 12.1. The van der Waals surface area contributed by atoms with Crippen molar-refractivity contribution in [2.24, 2.45) is 0 Å². The number of ether oxygens (including phenoxy) is 1. The van der Waals surface area contributed by atoms with Crippen molar-refractivity contribution in [2.75, 3.05) is 32.8 Å². The van der Waals surface area contributed by atoms with E-state index in [4.69, 9.17) is 4.74 Å². The molecule has 0 saturated carbocycles. The van der Waals surface area contributed by atoms with Crippen molar-refractivity contribution >= 4 is 41.9 Å². The van der Waals surface area contributed by atoms with Crippen LogP contribution in [-0.2, 0) is 11.3 Å². The molecule has 3 aromatic rings. The molecule has 7 nitrogen and oxygen atoms in total. The van der Waals surface area contributed by atoms with Crippen LogP contribution in [-0.4, -0.2) is 63.7 Å². The van der Waals surface area contributed by atoms with Crippen molar-refractivity contribution in [1.29, 1.82) is 0 Å². The van der Waals surface area contributed by atoms with Gasteiger partial charge in [-0.3, -0.25) is 4.79 Å². The topological polar surface area (TPSA) is 72.3 Å². The minimum atomic E-state index is -0.200. The van der Waals surface area contributed by atoms with E-state index < -0.39 is 0 Å². The van der Waals surface area contributed by atoms with Gasteiger partial charge in [-0.2, -0.15) is 0 Å². The van der Waals surface area contributed by atoms with Crippen LogP contribution in [0.1, 0.15) is 28.8 Å². The molecule has 2 saturated heterocycles. The number of nitrogens with one attached hydrogen (secondary N) is 1. The molecule has 2 aliphatic heterocycles. The summed E-state index contributed by atoms with van der Waals surface area (Å²) in [5, 5.41) is 3.37. The first-order chi connectivity index (χ1) is 14.2. The van der Waals surface area contributed by atoms with Gasteiger partial charge in [-0.15, -0.1) is 24.8 Å². The Balaban J connectivity index is 0.00000136. The lowest BCUT2D eigenvalue weighted by Crippen LogP contribution is -2.57. The maximum atomic E-state index is 13.1. The lowest BCUT2D eigenvalue weighted by atomic mass is 9.90. The Morgan fingerprint density at radius 2 is 1.90 bits per heavy atom. The number of benzene rings is 1. The van der Waals surface area contributed by atoms with Crippen molar-refractivity contribution in [3.63, 3.8) is 0 Å². The van der Waals surface area contributed by atoms with Gasteiger partial charge in [-0.1, -0.05) is 30.3 Å². The van der Waals surface area contributed by atoms with Crippen LogP contribution in [0.15, 0.2) is 48.9 Å². The van der Waals surface area contributed by atoms with Crippen molar-refractivity contribution in [3.8, 4) is 0 Å². The zero-order chi connectivity index (χ0) is 19.7. The molecule has 1 spiro atoms. The first-order valence-corrected chi connectivity index (χ1v) is 10.2. The van der Waals surface area contributed by atoms with Crippen LogP contribution >= 0.6 is 24.8 Å². The second-order valence-corrected chi connectivity index (χ2v) is 7.93. The van der Waals surface area contributed by atoms with Crippen LogP contribution in [0.5, 0.6) is 0 Å². The fourth-order valence-corrected chi connectivity index (χ4v) is 4.35. The van der Waals surface area contributed by atoms with Crippen LogP contribution in [0.25, 0.3) is 11.2 Å². The number of morpholine rings is 1. The summed E-state index contributed by atoms with van der Waals surface area (Å²) in [5.74, 6) is 0.0122. The molecule has 0 unspecified atom stereocenters. The molecule has 2 aromatic heterocycles. The zero-order valence-corrected chi connectivity index (χ0v) is 18.8. The van der Waals surface area contributed by atoms with Crippen molar-refractivity contribution in [3.05, 3.63) is 60.0 Å². The second-order valence-electron chi connectivity index (χ2n) is 7.93. The molecule has 1 amide bonds. The lowest BCUT2D eigenvalue weighted by Gasteiger charge is -2.45. The number of piperidine rings is 1. The Morgan fingerprint density at radius 3 is 2.68 bits per heavy atom. The molecule has 31 heavy (non-hydrogen) atoms. The van der Waals surface area contributed by atoms with E-state index in [1.54, 1.807) is 12.5 Å². The molecule has 0 radical (unpaired) electrons. The Kier molecular flexibility index (Phi) is 7.54. The van der Waals surface area contributed by atoms with E-state index in [9.17, 15) is 4.79 Å². The predicted molar refractivity (Wildman–Crippen MR) is 124 cm³/mol. The molecule has 0 aliphatic carbocycles. The number of hydrogen-bond acceptors (Lipinski definition) is 5. The van der Waals surface area contributed by atoms with Gasteiger partial charge in [0.25, 0.3) is 5.91 Å². The smallest absolute Gasteiger partial charge is 0.255 e. The summed E-state index contributed by atoms with van der Waals surface area (Å²) >= 11 is 0. The van der Waals surface area contributed by atoms with E-state index in [-0.39, 0.29) is 36.3 Å². The second kappa shape index (κ2) is 9.96. The minimum absolute atomic E-state index is 0. The molecule has 0 atom stereocenters. The highest BCUT2D eigenvalue weighted by Gasteiger charge is 2.39. The lowest BCUT2D eigenvalue weighted by molar-refractivity contribution is -0.114. The number of halogens is 2. The van der Waals surface area contributed by atoms with Gasteiger partial charge in [0.1, 0.15) is 5.52 Å². The molecular formula is C22H27Cl2N5O2. The number of carbonyl (C=O) groups is 1. The largest absolute Gasteiger partial charge is 0.371 e. The molecule has 4 heterocycles. The third-order valence-electron chi connectivity index (χ3n) is 5.95. The van der Waals surface area contributed by atoms with Gasteiger partial charge in [-0.05, 0) is 37.6 Å². The highest BCUT2D eigenvalue weighted by molar-refractivity contribution is 5.96. The summed E-state index contributed by atoms with van der Waals surface area (Å²) in [7, 11) is 0. The van der Waals surface area contributed by atoms with E-state index in [2.05, 4.69) is 27.4 Å². The number of nitrogens with zero attached hydrogens (tertiary/aromatic N) is 4. The maximum Gasteiger partial charge on any atom is 0.255 e. The van der Waals surface area contributed by atoms with Crippen LogP contribution in [0, 0.1) is 0 Å². The summed E-state index contributed by atoms with van der Waals surface area (Å²) in [5.41, 5.74) is 3.12. The number of pyridine rings is 1. The van der Waals surface area contributed by atoms with Crippen molar-refractivity contribution in [1.82, 2.24) is 24.8 Å². The summed E-state index contributed by atoms with van der Waals surface area (Å²) in [6.45, 7) is 4.44. The highest BCUT2D eigenvalue weighted by atomic mass is 35.5. The van der Waals surface area contributed by atoms with Gasteiger partial charge in [0.15, 0.2) is 5.65 Å². The standard InChI is InChI=1S/C22H25N5O2.2ClH/c28-21(26-10-11-29-22(15-26)6-8-23-9-7-22)18-12-19-20(24-13-18)27(16-25-19)14-17-4-2-1-3-5-17;;/h1-5,12-13,16,23H,6-11,14-15H2;2*1H. The SMILES string of the molecule is Cl.Cl.O=C(c1cnc2c(c1)ncn2Cc1ccccc1)N1CCOC2(CCNCC2)C1. The fourth-order valence-electron chi connectivity index (χ4n) is 4.35. The Hall–Kier alpha value is -2.19. The van der Waals surface area contributed by atoms with E-state index in [1.165, 1.54) is 5.56 Å². The van der Waals surface area contributed by atoms with Crippen molar-refractivity contribution < 1.29 is 9.53 Å². The average molecular weight is 464 g/mol. The summed E-state index contributed by atoms with van der Waals surface area (Å²) in [4.78, 5) is 24.1. The van der Waals surface area contributed by atoms with Crippen LogP contribution in [0.4, 0.5) is 0 Å². The van der Waals surface area contributed by atoms with Crippen LogP contribution in [0.3, 0.4) is 0 Å². The highest BCUT2D eigenvalue weighted by Crippen LogP contribution is 2.28. The van der Waals surface area contributed by atoms with Gasteiger partial charge in [0.2, 0.25) is 0 Å². The van der Waals surface area contributed by atoms with Crippen LogP contribution in [0.2, 0.25) is 0 Å². The number of amides is 1. The fraction of sp³-hybridized carbons (Fsp3) is 0.409. The van der Waals surface area contributed by atoms with Gasteiger partial charge in [0.05, 0.1) is 37.2 Å². The Labute approximate surface area is 194 Å². The molecular weight excluding hydrogens is 437 g/mol. The number of fused-ring (bicyclic) bond motifs is 1. The zero-order valence-electron chi connectivity index (χ0n) is 17.2. The maximum absolute atomic E-state index is 13.1. The molecule has 5 rings (SSSR count). The first-order valence-electron chi connectivity index (χ1n) is 10.2. The normalized spacial score (nSPS) is 17.7. The number of rotatable bonds is 3. The third kappa shape index (κ3) is 4.85. The van der Waals surface area contributed by atoms with Crippen LogP contribution < -0.4 is 5.32 Å². The van der Waals surface area contributed by atoms with Gasteiger partial charge < -0.3 is 19.5 Å². The molecule has 2 fully saturated rings. The molecule has 2 aliphatic rings. The molecule has 1 N–H and O–H groups in total. The molecule has 166 valence electrons. The van der Waals surface area contributed by atoms with Crippen molar-refractivity contribution in [2.45, 2.75) is 25.0 Å². The number of hydrogen-bond donors (Lipinski definition) is 1. The monoisotopic (exact) mass is 463 g/mol. The minimum Gasteiger partial charge on any atom is -0.371 e. The van der Waals surface area contributed by atoms with E-state index in [0.29, 0.717) is 31.8 Å². The predicted octanol–water partition coefficient (Wildman–Crippen LogP) is 2.92. The quantitative estimate of drug-likeness (QED) is 0.646. The van der Waals surface area contributed by atoms with E-state index >= 15 is 0 Å². The molecule has 1 aromatic carbocycles. The van der Waals surface area contributed by atoms with Gasteiger partial charge >= 0.3 is 0 Å². The Bertz CT molecular complexity index is 1020. The first kappa shape index (κ1) is 23.5. The summed E-state index contributed by atoms with van der Waals surface area (Å²) in [6.07, 6.45) is 5.35. The number of aromatic nitrogens is 3. The molecule has 9 heteroatoms. The molecule has 0 bridgehead atoms. The summed E-state index contributed by atoms with van der Waals surface area (Å²) < 4.78 is 8.10. The van der Waals surface area contributed by atoms with Gasteiger partial charge in [-0.25, -0.2) is 9.97 Å².